The second-order valence-electron chi connectivity index (χ2n) is 20.5. The number of hydrogen-bond acceptors (Lipinski definition) is 10. The Labute approximate surface area is 400 Å². The Morgan fingerprint density at radius 1 is 0.970 bits per heavy atom. The molecule has 0 spiro atoms. The molecule has 0 bridgehead atoms. The first-order valence-corrected chi connectivity index (χ1v) is 23.6. The number of likely N-dealkylation sites (tertiary alicyclic amines) is 1. The zero-order valence-electron chi connectivity index (χ0n) is 40.3. The summed E-state index contributed by atoms with van der Waals surface area (Å²) in [6.45, 7) is 18.2. The van der Waals surface area contributed by atoms with Crippen LogP contribution in [0, 0.1) is 27.6 Å². The van der Waals surface area contributed by atoms with Gasteiger partial charge in [-0.15, -0.1) is 0 Å². The van der Waals surface area contributed by atoms with Crippen LogP contribution in [0.3, 0.4) is 0 Å². The van der Waals surface area contributed by atoms with Gasteiger partial charge in [0.15, 0.2) is 5.78 Å². The predicted octanol–water partition coefficient (Wildman–Crippen LogP) is 8.46. The molecule has 3 N–H and O–H groups in total. The molecule has 4 atom stereocenters. The number of carbonyl (C=O) groups excluding carboxylic acids is 4. The molecule has 14 heteroatoms. The molecule has 0 aromatic heterocycles. The number of aliphatic hydroxyl groups is 1. The maximum atomic E-state index is 14.1. The minimum atomic E-state index is -0.942. The number of allylic oxidation sites excluding steroid dienone is 2. The summed E-state index contributed by atoms with van der Waals surface area (Å²) >= 11 is 6.24. The molecule has 3 aromatic rings. The number of nitrogens with one attached hydrogen (secondary N) is 2. The molecule has 2 aliphatic heterocycles. The number of benzene rings is 3. The highest BCUT2D eigenvalue weighted by Gasteiger charge is 2.64. The maximum Gasteiger partial charge on any atom is 0.251 e. The van der Waals surface area contributed by atoms with Crippen molar-refractivity contribution in [1.29, 1.82) is 5.26 Å². The average molecular weight is 937 g/mol. The summed E-state index contributed by atoms with van der Waals surface area (Å²) in [5.41, 5.74) is 3.73. The smallest absolute Gasteiger partial charge is 0.251 e. The molecule has 358 valence electrons. The van der Waals surface area contributed by atoms with Crippen molar-refractivity contribution < 1.29 is 38.5 Å². The standard InChI is InChI=1S/C53H66ClN5O8/c1-32(34-12-14-35(15-13-34)41-22-23-56-33(41)2)26-44(61)43-27-38(60)30-59(43)48(64)46(51(3,4)5)57-45(62)31-65-24-10-11-25-66-39-19-16-36(17-20-39)47(63)58-49-52(6,7)50(53(49,8)9)67-40-21-18-37(29-55)42(54)28-40/h12-21,23,28,32,38,43,46,49-50,60H,10-11,22,24-27,30-31H2,1-9H3,(H,57,62)(H,58,63)/t32-,38-,43+,46-,49?,50?/m1/s1. The largest absolute Gasteiger partial charge is 0.494 e. The summed E-state index contributed by atoms with van der Waals surface area (Å²) in [5.74, 6) is -0.0875. The third kappa shape index (κ3) is 12.0. The number of aliphatic imine (C=N–C) groups is 1. The van der Waals surface area contributed by atoms with E-state index >= 15 is 0 Å². The Morgan fingerprint density at radius 3 is 2.24 bits per heavy atom. The molecule has 6 rings (SSSR count). The van der Waals surface area contributed by atoms with Gasteiger partial charge in [0.1, 0.15) is 36.3 Å². The number of carbonyl (C=O) groups is 4. The van der Waals surface area contributed by atoms with Crippen molar-refractivity contribution in [3.05, 3.63) is 99.7 Å². The van der Waals surface area contributed by atoms with Crippen molar-refractivity contribution in [2.75, 3.05) is 26.4 Å². The first kappa shape index (κ1) is 50.9. The van der Waals surface area contributed by atoms with Crippen molar-refractivity contribution >= 4 is 46.9 Å². The summed E-state index contributed by atoms with van der Waals surface area (Å²) in [6, 6.07) is 20.3. The van der Waals surface area contributed by atoms with Crippen LogP contribution in [0.5, 0.6) is 11.5 Å². The van der Waals surface area contributed by atoms with Crippen LogP contribution in [0.1, 0.15) is 127 Å². The van der Waals surface area contributed by atoms with Gasteiger partial charge in [-0.2, -0.15) is 5.26 Å². The fourth-order valence-corrected chi connectivity index (χ4v) is 10.2. The van der Waals surface area contributed by atoms with Gasteiger partial charge in [0, 0.05) is 72.8 Å². The van der Waals surface area contributed by atoms with E-state index in [1.807, 2.05) is 53.0 Å². The first-order valence-electron chi connectivity index (χ1n) is 23.2. The van der Waals surface area contributed by atoms with E-state index < -0.39 is 46.2 Å². The Kier molecular flexibility index (Phi) is 16.1. The van der Waals surface area contributed by atoms with Crippen LogP contribution >= 0.6 is 11.6 Å². The van der Waals surface area contributed by atoms with Crippen LogP contribution in [0.2, 0.25) is 5.02 Å². The van der Waals surface area contributed by atoms with E-state index in [0.717, 1.165) is 23.2 Å². The molecule has 3 aliphatic rings. The van der Waals surface area contributed by atoms with E-state index in [9.17, 15) is 29.5 Å². The van der Waals surface area contributed by atoms with Crippen LogP contribution in [-0.2, 0) is 19.1 Å². The van der Waals surface area contributed by atoms with E-state index in [-0.39, 0.29) is 55.7 Å². The molecule has 1 saturated heterocycles. The number of ketones is 1. The van der Waals surface area contributed by atoms with E-state index in [0.29, 0.717) is 53.7 Å². The van der Waals surface area contributed by atoms with E-state index in [1.165, 1.54) is 10.5 Å². The number of unbranched alkanes of at least 4 members (excludes halogenated alkanes) is 1. The summed E-state index contributed by atoms with van der Waals surface area (Å²) in [5, 5.41) is 26.3. The fraction of sp³-hybridized carbons (Fsp3) is 0.509. The van der Waals surface area contributed by atoms with Crippen LogP contribution in [0.25, 0.3) is 5.57 Å². The Morgan fingerprint density at radius 2 is 1.63 bits per heavy atom. The number of ether oxygens (including phenoxy) is 3. The Balaban J connectivity index is 0.904. The molecule has 3 aromatic carbocycles. The van der Waals surface area contributed by atoms with Crippen LogP contribution in [0.15, 0.2) is 77.4 Å². The normalized spacial score (nSPS) is 21.5. The lowest BCUT2D eigenvalue weighted by Crippen LogP contribution is -2.74. The number of β-amino-alcohol motifs (C(OH)–C–C–N with tert-alkyl or cyclic N) is 1. The number of hydrogen-bond donors (Lipinski definition) is 3. The third-order valence-electron chi connectivity index (χ3n) is 13.4. The Hall–Kier alpha value is -5.55. The molecule has 3 amide bonds. The monoisotopic (exact) mass is 935 g/mol. The number of Topliss-reactive ketones (excluding diaryl/α,β-unsaturated/α-hetero) is 1. The number of amides is 3. The predicted molar refractivity (Wildman–Crippen MR) is 259 cm³/mol. The van der Waals surface area contributed by atoms with Crippen molar-refractivity contribution in [3.8, 4) is 17.6 Å². The third-order valence-corrected chi connectivity index (χ3v) is 13.7. The zero-order valence-corrected chi connectivity index (χ0v) is 41.0. The van der Waals surface area contributed by atoms with Gasteiger partial charge in [-0.3, -0.25) is 24.2 Å². The number of halogens is 1. The molecule has 0 unspecified atom stereocenters. The van der Waals surface area contributed by atoms with Gasteiger partial charge in [-0.25, -0.2) is 0 Å². The minimum absolute atomic E-state index is 0.0177. The number of rotatable bonds is 19. The highest BCUT2D eigenvalue weighted by Crippen LogP contribution is 2.55. The van der Waals surface area contributed by atoms with Crippen molar-refractivity contribution in [2.45, 2.75) is 131 Å². The van der Waals surface area contributed by atoms with Gasteiger partial charge in [-0.1, -0.05) is 91.3 Å². The molecule has 2 fully saturated rings. The number of aliphatic hydroxyl groups excluding tert-OH is 1. The number of nitriles is 1. The topological polar surface area (TPSA) is 180 Å². The molecule has 0 radical (unpaired) electrons. The van der Waals surface area contributed by atoms with Crippen LogP contribution < -0.4 is 20.1 Å². The SMILES string of the molecule is CC1=C(c2ccc([C@H](C)CC(=O)[C@@H]3C[C@@H](O)CN3C(=O)[C@@H](NC(=O)COCCCCOc3ccc(C(=O)NC4C(C)(C)C(Oc5ccc(C#N)c(Cl)c5)C4(C)C)cc3)C(C)(C)C)cc2)CC=N1. The van der Waals surface area contributed by atoms with E-state index in [2.05, 4.69) is 61.5 Å². The molecule has 2 heterocycles. The molecule has 1 aliphatic carbocycles. The lowest BCUT2D eigenvalue weighted by atomic mass is 9.49. The van der Waals surface area contributed by atoms with Crippen molar-refractivity contribution in [3.63, 3.8) is 0 Å². The van der Waals surface area contributed by atoms with Gasteiger partial charge >= 0.3 is 0 Å². The lowest BCUT2D eigenvalue weighted by Gasteiger charge is -2.63. The molecular weight excluding hydrogens is 870 g/mol. The van der Waals surface area contributed by atoms with E-state index in [1.54, 1.807) is 42.5 Å². The van der Waals surface area contributed by atoms with Gasteiger partial charge in [0.05, 0.1) is 29.3 Å². The van der Waals surface area contributed by atoms with Gasteiger partial charge in [0.2, 0.25) is 11.8 Å². The Bertz CT molecular complexity index is 2380. The first-order chi connectivity index (χ1) is 31.6. The summed E-state index contributed by atoms with van der Waals surface area (Å²) in [7, 11) is 0. The highest BCUT2D eigenvalue weighted by molar-refractivity contribution is 6.31. The summed E-state index contributed by atoms with van der Waals surface area (Å²) < 4.78 is 17.9. The highest BCUT2D eigenvalue weighted by atomic mass is 35.5. The van der Waals surface area contributed by atoms with Crippen LogP contribution in [-0.4, -0.2) is 96.4 Å². The van der Waals surface area contributed by atoms with Gasteiger partial charge in [-0.05, 0) is 84.2 Å². The molecule has 1 saturated carbocycles. The lowest BCUT2D eigenvalue weighted by molar-refractivity contribution is -0.164. The van der Waals surface area contributed by atoms with Gasteiger partial charge in [0.25, 0.3) is 5.91 Å². The quantitative estimate of drug-likeness (QED) is 0.0995. The zero-order chi connectivity index (χ0) is 48.8. The van der Waals surface area contributed by atoms with Crippen LogP contribution in [0.4, 0.5) is 0 Å². The summed E-state index contributed by atoms with van der Waals surface area (Å²) in [4.78, 5) is 60.1. The average Bonchev–Trinajstić information content (AvgIpc) is 3.90. The number of nitrogens with zero attached hydrogens (tertiary/aromatic N) is 3. The molecule has 13 nitrogen and oxygen atoms in total. The van der Waals surface area contributed by atoms with E-state index in [4.69, 9.17) is 25.8 Å². The summed E-state index contributed by atoms with van der Waals surface area (Å²) in [6.07, 6.45) is 3.28. The van der Waals surface area contributed by atoms with Crippen molar-refractivity contribution in [1.82, 2.24) is 15.5 Å². The van der Waals surface area contributed by atoms with Gasteiger partial charge < -0.3 is 34.9 Å². The van der Waals surface area contributed by atoms with Crippen molar-refractivity contribution in [2.24, 2.45) is 21.2 Å². The molecular formula is C53H66ClN5O8. The minimum Gasteiger partial charge on any atom is -0.494 e. The maximum absolute atomic E-state index is 14.1. The molecule has 67 heavy (non-hydrogen) atoms. The second kappa shape index (κ2) is 21.2. The fourth-order valence-electron chi connectivity index (χ4n) is 9.95. The second-order valence-corrected chi connectivity index (χ2v) is 20.9.